The van der Waals surface area contributed by atoms with Gasteiger partial charge < -0.3 is 20.1 Å². The Hall–Kier alpha value is -2.76. The summed E-state index contributed by atoms with van der Waals surface area (Å²) in [4.78, 5) is 16.5. The predicted octanol–water partition coefficient (Wildman–Crippen LogP) is 3.56. The van der Waals surface area contributed by atoms with Gasteiger partial charge in [0.05, 0.1) is 14.2 Å². The third-order valence-electron chi connectivity index (χ3n) is 3.15. The molecule has 0 unspecified atom stereocenters. The summed E-state index contributed by atoms with van der Waals surface area (Å²) in [5.41, 5.74) is 1.68. The molecule has 24 heavy (non-hydrogen) atoms. The van der Waals surface area contributed by atoms with Crippen molar-refractivity contribution in [3.63, 3.8) is 0 Å². The summed E-state index contributed by atoms with van der Waals surface area (Å²) in [5.74, 6) is 0.858. The van der Waals surface area contributed by atoms with Crippen LogP contribution in [0.2, 0.25) is 0 Å². The van der Waals surface area contributed by atoms with Gasteiger partial charge in [-0.2, -0.15) is 0 Å². The van der Waals surface area contributed by atoms with Crippen molar-refractivity contribution >= 4 is 17.3 Å². The molecule has 0 aliphatic rings. The number of rotatable bonds is 5. The zero-order chi connectivity index (χ0) is 17.7. The average Bonchev–Trinajstić information content (AvgIpc) is 2.53. The molecule has 0 bridgehead atoms. The Bertz CT molecular complexity index is 724. The van der Waals surface area contributed by atoms with Gasteiger partial charge in [0.1, 0.15) is 5.69 Å². The zero-order valence-corrected chi connectivity index (χ0v) is 14.6. The molecule has 1 heterocycles. The number of nitrogens with one attached hydrogen (secondary N) is 2. The van der Waals surface area contributed by atoms with Crippen molar-refractivity contribution in [2.45, 2.75) is 26.3 Å². The summed E-state index contributed by atoms with van der Waals surface area (Å²) in [5, 5.41) is 6.13. The molecule has 0 saturated heterocycles. The van der Waals surface area contributed by atoms with Crippen molar-refractivity contribution in [1.29, 1.82) is 0 Å². The minimum absolute atomic E-state index is 0.0988. The van der Waals surface area contributed by atoms with Gasteiger partial charge >= 0.3 is 0 Å². The molecule has 0 fully saturated rings. The molecule has 0 saturated carbocycles. The summed E-state index contributed by atoms with van der Waals surface area (Å²) < 4.78 is 10.4. The lowest BCUT2D eigenvalue weighted by atomic mass is 10.1. The fraction of sp³-hybridized carbons (Fsp3) is 0.333. The first-order chi connectivity index (χ1) is 11.3. The van der Waals surface area contributed by atoms with E-state index in [1.165, 1.54) is 0 Å². The van der Waals surface area contributed by atoms with E-state index in [9.17, 15) is 4.79 Å². The van der Waals surface area contributed by atoms with Crippen LogP contribution in [0, 0.1) is 0 Å². The van der Waals surface area contributed by atoms with E-state index in [1.807, 2.05) is 6.07 Å². The van der Waals surface area contributed by atoms with Crippen molar-refractivity contribution < 1.29 is 14.3 Å². The standard InChI is InChI=1S/C18H23N3O3/c1-18(2,3)21-13-8-9-19-14(10-13)17(22)20-12-6-7-15(23-4)16(11-12)24-5/h6-11H,1-5H3,(H,19,21)(H,20,22). The maximum atomic E-state index is 12.4. The van der Waals surface area contributed by atoms with Gasteiger partial charge in [-0.25, -0.2) is 0 Å². The second-order valence-corrected chi connectivity index (χ2v) is 6.33. The number of amides is 1. The molecule has 1 amide bonds. The van der Waals surface area contributed by atoms with Gasteiger partial charge in [-0.15, -0.1) is 0 Å². The Balaban J connectivity index is 2.17. The van der Waals surface area contributed by atoms with Crippen LogP contribution >= 0.6 is 0 Å². The highest BCUT2D eigenvalue weighted by Gasteiger charge is 2.13. The van der Waals surface area contributed by atoms with Gasteiger partial charge in [0, 0.05) is 29.2 Å². The van der Waals surface area contributed by atoms with E-state index in [4.69, 9.17) is 9.47 Å². The molecule has 6 nitrogen and oxygen atoms in total. The lowest BCUT2D eigenvalue weighted by Crippen LogP contribution is -2.26. The molecule has 2 rings (SSSR count). The Morgan fingerprint density at radius 1 is 1.00 bits per heavy atom. The molecule has 0 spiro atoms. The first kappa shape index (κ1) is 17.6. The van der Waals surface area contributed by atoms with E-state index in [0.717, 1.165) is 5.69 Å². The molecule has 1 aromatic heterocycles. The van der Waals surface area contributed by atoms with Crippen LogP contribution in [0.1, 0.15) is 31.3 Å². The minimum Gasteiger partial charge on any atom is -0.493 e. The maximum absolute atomic E-state index is 12.4. The van der Waals surface area contributed by atoms with Crippen molar-refractivity contribution in [3.8, 4) is 11.5 Å². The van der Waals surface area contributed by atoms with E-state index in [2.05, 4.69) is 36.4 Å². The molecule has 0 aliphatic heterocycles. The number of benzene rings is 1. The van der Waals surface area contributed by atoms with Crippen molar-refractivity contribution in [1.82, 2.24) is 4.98 Å². The van der Waals surface area contributed by atoms with Crippen LogP contribution in [0.5, 0.6) is 11.5 Å². The second-order valence-electron chi connectivity index (χ2n) is 6.33. The number of anilines is 2. The molecule has 0 aliphatic carbocycles. The first-order valence-electron chi connectivity index (χ1n) is 7.60. The minimum atomic E-state index is -0.292. The summed E-state index contributed by atoms with van der Waals surface area (Å²) in [6.07, 6.45) is 1.61. The van der Waals surface area contributed by atoms with Crippen LogP contribution < -0.4 is 20.1 Å². The van der Waals surface area contributed by atoms with Gasteiger partial charge in [0.25, 0.3) is 5.91 Å². The van der Waals surface area contributed by atoms with Gasteiger partial charge in [-0.3, -0.25) is 9.78 Å². The summed E-state index contributed by atoms with van der Waals surface area (Å²) >= 11 is 0. The Morgan fingerprint density at radius 2 is 1.71 bits per heavy atom. The molecular formula is C18H23N3O3. The number of methoxy groups -OCH3 is 2. The Kier molecular flexibility index (Phi) is 5.28. The molecule has 6 heteroatoms. The molecule has 128 valence electrons. The number of pyridine rings is 1. The van der Waals surface area contributed by atoms with Crippen LogP contribution in [-0.2, 0) is 0 Å². The van der Waals surface area contributed by atoms with Gasteiger partial charge in [-0.1, -0.05) is 0 Å². The number of carbonyl (C=O) groups is 1. The maximum Gasteiger partial charge on any atom is 0.274 e. The number of aromatic nitrogens is 1. The number of hydrogen-bond acceptors (Lipinski definition) is 5. The van der Waals surface area contributed by atoms with Crippen LogP contribution in [0.15, 0.2) is 36.5 Å². The van der Waals surface area contributed by atoms with Crippen molar-refractivity contribution in [2.24, 2.45) is 0 Å². The Labute approximate surface area is 142 Å². The quantitative estimate of drug-likeness (QED) is 0.877. The lowest BCUT2D eigenvalue weighted by Gasteiger charge is -2.22. The Morgan fingerprint density at radius 3 is 2.33 bits per heavy atom. The van der Waals surface area contributed by atoms with E-state index in [0.29, 0.717) is 22.9 Å². The number of nitrogens with zero attached hydrogens (tertiary/aromatic N) is 1. The van der Waals surface area contributed by atoms with Crippen LogP contribution in [0.25, 0.3) is 0 Å². The van der Waals surface area contributed by atoms with Gasteiger partial charge in [-0.05, 0) is 45.0 Å². The zero-order valence-electron chi connectivity index (χ0n) is 14.6. The molecular weight excluding hydrogens is 306 g/mol. The highest BCUT2D eigenvalue weighted by Crippen LogP contribution is 2.29. The van der Waals surface area contributed by atoms with Crippen molar-refractivity contribution in [3.05, 3.63) is 42.2 Å². The average molecular weight is 329 g/mol. The van der Waals surface area contributed by atoms with Crippen LogP contribution in [-0.4, -0.2) is 30.6 Å². The number of hydrogen-bond donors (Lipinski definition) is 2. The van der Waals surface area contributed by atoms with E-state index in [-0.39, 0.29) is 11.4 Å². The van der Waals surface area contributed by atoms with E-state index >= 15 is 0 Å². The molecule has 2 aromatic rings. The largest absolute Gasteiger partial charge is 0.493 e. The fourth-order valence-corrected chi connectivity index (χ4v) is 2.17. The first-order valence-corrected chi connectivity index (χ1v) is 7.60. The third kappa shape index (κ3) is 4.62. The highest BCUT2D eigenvalue weighted by atomic mass is 16.5. The fourth-order valence-electron chi connectivity index (χ4n) is 2.17. The summed E-state index contributed by atoms with van der Waals surface area (Å²) in [6.45, 7) is 6.16. The normalized spacial score (nSPS) is 10.9. The van der Waals surface area contributed by atoms with Gasteiger partial charge in [0.15, 0.2) is 11.5 Å². The molecule has 1 aromatic carbocycles. The van der Waals surface area contributed by atoms with Crippen LogP contribution in [0.3, 0.4) is 0 Å². The van der Waals surface area contributed by atoms with Crippen LogP contribution in [0.4, 0.5) is 11.4 Å². The van der Waals surface area contributed by atoms with E-state index in [1.54, 1.807) is 44.7 Å². The second kappa shape index (κ2) is 7.21. The monoisotopic (exact) mass is 329 g/mol. The number of carbonyl (C=O) groups excluding carboxylic acids is 1. The topological polar surface area (TPSA) is 72.5 Å². The summed E-state index contributed by atoms with van der Waals surface area (Å²) in [6, 6.07) is 8.74. The molecule has 0 radical (unpaired) electrons. The SMILES string of the molecule is COc1ccc(NC(=O)c2cc(NC(C)(C)C)ccn2)cc1OC. The van der Waals surface area contributed by atoms with Crippen molar-refractivity contribution in [2.75, 3.05) is 24.9 Å². The highest BCUT2D eigenvalue weighted by molar-refractivity contribution is 6.03. The summed E-state index contributed by atoms with van der Waals surface area (Å²) in [7, 11) is 3.11. The van der Waals surface area contributed by atoms with Gasteiger partial charge in [0.2, 0.25) is 0 Å². The van der Waals surface area contributed by atoms with E-state index < -0.39 is 0 Å². The third-order valence-corrected chi connectivity index (χ3v) is 3.15. The number of ether oxygens (including phenoxy) is 2. The molecule has 2 N–H and O–H groups in total. The smallest absolute Gasteiger partial charge is 0.274 e. The predicted molar refractivity (Wildman–Crippen MR) is 95.1 cm³/mol. The lowest BCUT2D eigenvalue weighted by molar-refractivity contribution is 0.102. The molecule has 0 atom stereocenters.